The van der Waals surface area contributed by atoms with E-state index in [9.17, 15) is 0 Å². The Hall–Kier alpha value is -6.12. The highest BCUT2D eigenvalue weighted by atomic mass is 16.3. The lowest BCUT2D eigenvalue weighted by Gasteiger charge is -2.29. The van der Waals surface area contributed by atoms with E-state index in [1.807, 2.05) is 6.07 Å². The van der Waals surface area contributed by atoms with Gasteiger partial charge in [-0.2, -0.15) is 0 Å². The maximum absolute atomic E-state index is 6.40. The molecule has 9 rings (SSSR count). The third-order valence-corrected chi connectivity index (χ3v) is 9.04. The fourth-order valence-electron chi connectivity index (χ4n) is 6.99. The van der Waals surface area contributed by atoms with Crippen molar-refractivity contribution in [3.8, 4) is 22.3 Å². The molecular weight excluding hydrogens is 558 g/mol. The van der Waals surface area contributed by atoms with Gasteiger partial charge in [0.15, 0.2) is 0 Å². The molecule has 46 heavy (non-hydrogen) atoms. The van der Waals surface area contributed by atoms with Crippen LogP contribution >= 0.6 is 0 Å². The molecule has 0 saturated carbocycles. The zero-order valence-corrected chi connectivity index (χ0v) is 25.1. The number of nitrogens with zero attached hydrogens (tertiary/aromatic N) is 1. The van der Waals surface area contributed by atoms with E-state index in [1.165, 1.54) is 38.2 Å². The molecular formula is C44H29NO. The van der Waals surface area contributed by atoms with Gasteiger partial charge in [-0.3, -0.25) is 0 Å². The van der Waals surface area contributed by atoms with Crippen molar-refractivity contribution >= 4 is 60.5 Å². The van der Waals surface area contributed by atoms with Gasteiger partial charge in [-0.15, -0.1) is 0 Å². The molecule has 2 heteroatoms. The molecule has 1 aromatic heterocycles. The fourth-order valence-corrected chi connectivity index (χ4v) is 6.99. The smallest absolute Gasteiger partial charge is 0.137 e. The summed E-state index contributed by atoms with van der Waals surface area (Å²) in [6.45, 7) is 0. The van der Waals surface area contributed by atoms with E-state index in [4.69, 9.17) is 4.42 Å². The lowest BCUT2D eigenvalue weighted by molar-refractivity contribution is 0.669. The first-order valence-electron chi connectivity index (χ1n) is 15.7. The molecule has 8 aromatic carbocycles. The van der Waals surface area contributed by atoms with Crippen LogP contribution in [-0.2, 0) is 0 Å². The highest BCUT2D eigenvalue weighted by Crippen LogP contribution is 2.48. The van der Waals surface area contributed by atoms with Gasteiger partial charge in [-0.25, -0.2) is 0 Å². The van der Waals surface area contributed by atoms with Gasteiger partial charge >= 0.3 is 0 Å². The standard InChI is InChI=1S/C44H29NO/c1-2-14-31(15-3-1)35-21-10-17-32-18-11-22-37(43(32)35)36-19-6-8-23-39(36)45(34-28-27-30-13-4-5-16-33(30)29-34)40-24-12-26-42-44(40)38-20-7-9-25-41(38)46-42/h1-29H. The maximum Gasteiger partial charge on any atom is 0.137 e. The summed E-state index contributed by atoms with van der Waals surface area (Å²) in [7, 11) is 0. The zero-order valence-electron chi connectivity index (χ0n) is 25.1. The molecule has 0 N–H and O–H groups in total. The monoisotopic (exact) mass is 587 g/mol. The summed E-state index contributed by atoms with van der Waals surface area (Å²) in [4.78, 5) is 2.41. The second kappa shape index (κ2) is 10.8. The van der Waals surface area contributed by atoms with Crippen LogP contribution in [0.3, 0.4) is 0 Å². The van der Waals surface area contributed by atoms with Crippen LogP contribution in [0.5, 0.6) is 0 Å². The van der Waals surface area contributed by atoms with Crippen LogP contribution in [0.15, 0.2) is 180 Å². The van der Waals surface area contributed by atoms with Crippen molar-refractivity contribution in [1.29, 1.82) is 0 Å². The van der Waals surface area contributed by atoms with Crippen LogP contribution < -0.4 is 4.90 Å². The molecule has 0 aliphatic heterocycles. The van der Waals surface area contributed by atoms with E-state index < -0.39 is 0 Å². The predicted molar refractivity (Wildman–Crippen MR) is 194 cm³/mol. The number of rotatable bonds is 5. The van der Waals surface area contributed by atoms with Crippen molar-refractivity contribution in [2.24, 2.45) is 0 Å². The molecule has 0 spiro atoms. The topological polar surface area (TPSA) is 16.4 Å². The number of furan rings is 1. The normalized spacial score (nSPS) is 11.5. The number of hydrogen-bond acceptors (Lipinski definition) is 2. The molecule has 2 nitrogen and oxygen atoms in total. The van der Waals surface area contributed by atoms with Crippen LogP contribution in [0.1, 0.15) is 0 Å². The van der Waals surface area contributed by atoms with Crippen molar-refractivity contribution < 1.29 is 4.42 Å². The summed E-state index contributed by atoms with van der Waals surface area (Å²) in [5.74, 6) is 0. The number of benzene rings is 8. The Balaban J connectivity index is 1.37. The first-order chi connectivity index (χ1) is 22.8. The summed E-state index contributed by atoms with van der Waals surface area (Å²) >= 11 is 0. The Morgan fingerprint density at radius 3 is 1.89 bits per heavy atom. The van der Waals surface area contributed by atoms with Crippen molar-refractivity contribution in [2.75, 3.05) is 4.90 Å². The Labute approximate surface area is 267 Å². The summed E-state index contributed by atoms with van der Waals surface area (Å²) in [5.41, 5.74) is 9.82. The van der Waals surface area contributed by atoms with E-state index in [2.05, 4.69) is 175 Å². The molecule has 1 heterocycles. The molecule has 0 unspecified atom stereocenters. The van der Waals surface area contributed by atoms with Crippen LogP contribution in [0.2, 0.25) is 0 Å². The number of fused-ring (bicyclic) bond motifs is 5. The predicted octanol–water partition coefficient (Wildman–Crippen LogP) is 12.7. The number of anilines is 3. The van der Waals surface area contributed by atoms with Gasteiger partial charge in [0.1, 0.15) is 11.2 Å². The minimum absolute atomic E-state index is 0.874. The summed E-state index contributed by atoms with van der Waals surface area (Å²) in [6.07, 6.45) is 0. The molecule has 0 aliphatic rings. The minimum atomic E-state index is 0.874. The van der Waals surface area contributed by atoms with E-state index in [1.54, 1.807) is 0 Å². The molecule has 0 bridgehead atoms. The lowest BCUT2D eigenvalue weighted by atomic mass is 9.90. The van der Waals surface area contributed by atoms with Crippen molar-refractivity contribution in [3.05, 3.63) is 176 Å². The fraction of sp³-hybridized carbons (Fsp3) is 0. The molecule has 0 fully saturated rings. The first-order valence-corrected chi connectivity index (χ1v) is 15.7. The second-order valence-corrected chi connectivity index (χ2v) is 11.7. The third kappa shape index (κ3) is 4.27. The van der Waals surface area contributed by atoms with Gasteiger partial charge in [-0.05, 0) is 74.6 Å². The van der Waals surface area contributed by atoms with Crippen LogP contribution in [0.25, 0.3) is 65.7 Å². The van der Waals surface area contributed by atoms with E-state index in [0.717, 1.165) is 44.6 Å². The minimum Gasteiger partial charge on any atom is -0.456 e. The third-order valence-electron chi connectivity index (χ3n) is 9.04. The number of para-hydroxylation sites is 2. The maximum atomic E-state index is 6.40. The first kappa shape index (κ1) is 26.3. The van der Waals surface area contributed by atoms with E-state index in [-0.39, 0.29) is 0 Å². The van der Waals surface area contributed by atoms with Crippen molar-refractivity contribution in [2.45, 2.75) is 0 Å². The van der Waals surface area contributed by atoms with E-state index in [0.29, 0.717) is 0 Å². The van der Waals surface area contributed by atoms with E-state index >= 15 is 0 Å². The summed E-state index contributed by atoms with van der Waals surface area (Å²) in [6, 6.07) is 62.8. The SMILES string of the molecule is c1ccc(-c2cccc3cccc(-c4ccccc4N(c4ccc5ccccc5c4)c4cccc5oc6ccccc6c45)c23)cc1. The zero-order chi connectivity index (χ0) is 30.5. The number of hydrogen-bond donors (Lipinski definition) is 0. The van der Waals surface area contributed by atoms with Gasteiger partial charge in [0.05, 0.1) is 16.8 Å². The Kier molecular flexibility index (Phi) is 6.17. The Morgan fingerprint density at radius 2 is 1.00 bits per heavy atom. The molecule has 0 atom stereocenters. The van der Waals surface area contributed by atoms with Crippen molar-refractivity contribution in [1.82, 2.24) is 0 Å². The Morgan fingerprint density at radius 1 is 0.370 bits per heavy atom. The average Bonchev–Trinajstić information content (AvgIpc) is 3.51. The van der Waals surface area contributed by atoms with Gasteiger partial charge in [0.25, 0.3) is 0 Å². The molecule has 0 aliphatic carbocycles. The van der Waals surface area contributed by atoms with Gasteiger partial charge in [0, 0.05) is 16.6 Å². The molecule has 9 aromatic rings. The summed E-state index contributed by atoms with van der Waals surface area (Å²) < 4.78 is 6.40. The van der Waals surface area contributed by atoms with Gasteiger partial charge < -0.3 is 9.32 Å². The second-order valence-electron chi connectivity index (χ2n) is 11.7. The van der Waals surface area contributed by atoms with Crippen LogP contribution in [0.4, 0.5) is 17.1 Å². The van der Waals surface area contributed by atoms with Gasteiger partial charge in [0.2, 0.25) is 0 Å². The molecule has 0 amide bonds. The molecule has 0 saturated heterocycles. The van der Waals surface area contributed by atoms with Crippen LogP contribution in [-0.4, -0.2) is 0 Å². The Bertz CT molecular complexity index is 2540. The molecule has 0 radical (unpaired) electrons. The van der Waals surface area contributed by atoms with Crippen LogP contribution in [0, 0.1) is 0 Å². The quantitative estimate of drug-likeness (QED) is 0.199. The molecule has 216 valence electrons. The summed E-state index contributed by atoms with van der Waals surface area (Å²) in [5, 5.41) is 7.08. The van der Waals surface area contributed by atoms with Gasteiger partial charge in [-0.1, -0.05) is 140 Å². The largest absolute Gasteiger partial charge is 0.456 e. The average molecular weight is 588 g/mol. The van der Waals surface area contributed by atoms with Crippen molar-refractivity contribution in [3.63, 3.8) is 0 Å². The lowest BCUT2D eigenvalue weighted by Crippen LogP contribution is -2.11. The highest BCUT2D eigenvalue weighted by molar-refractivity contribution is 6.15. The highest BCUT2D eigenvalue weighted by Gasteiger charge is 2.23.